The number of allylic oxidation sites excluding steroid dienone is 2. The number of amides is 4. The molecule has 1 N–H and O–H groups in total. The summed E-state index contributed by atoms with van der Waals surface area (Å²) in [6.45, 7) is 5.33. The standard InChI is InChI=1S/C42H33ClFN3O6/c1-20-16-23(17-21(2)36(20)48)35-26-13-14-27-34(28(26)19-29-39(50)47(41(52)42(29,35)3)25-12-15-31(44)30(43)18-25)40(51)46(38(27)49)24-10-8-22(9-11-24)37-45-32-6-4-5-7-33(32)53-37/h4-13,15-18,27-29,34-35,48H,14,19H2,1-3H3/t27-,28+,29-,34-,35-,42+/m0/s1. The van der Waals surface area contributed by atoms with E-state index >= 15 is 0 Å². The number of aryl methyl sites for hydroxylation is 2. The molecule has 2 aliphatic carbocycles. The van der Waals surface area contributed by atoms with Crippen molar-refractivity contribution in [3.05, 3.63) is 118 Å². The van der Waals surface area contributed by atoms with Crippen LogP contribution in [0.15, 0.2) is 94.9 Å². The van der Waals surface area contributed by atoms with Crippen molar-refractivity contribution in [3.63, 3.8) is 0 Å². The molecule has 9 rings (SSSR count). The molecule has 4 aromatic carbocycles. The van der Waals surface area contributed by atoms with Crippen molar-refractivity contribution >= 4 is 57.7 Å². The van der Waals surface area contributed by atoms with Crippen molar-refractivity contribution < 1.29 is 33.1 Å². The number of carbonyl (C=O) groups excluding carboxylic acids is 4. The molecule has 0 bridgehead atoms. The fourth-order valence-corrected chi connectivity index (χ4v) is 9.60. The Labute approximate surface area is 308 Å². The van der Waals surface area contributed by atoms with Gasteiger partial charge in [0.15, 0.2) is 5.58 Å². The largest absolute Gasteiger partial charge is 0.507 e. The lowest BCUT2D eigenvalue weighted by atomic mass is 9.51. The highest BCUT2D eigenvalue weighted by atomic mass is 35.5. The van der Waals surface area contributed by atoms with Crippen LogP contribution in [0.1, 0.15) is 42.4 Å². The number of hydrogen-bond donors (Lipinski definition) is 1. The fourth-order valence-electron chi connectivity index (χ4n) is 9.42. The van der Waals surface area contributed by atoms with E-state index in [-0.39, 0.29) is 41.1 Å². The molecule has 4 amide bonds. The summed E-state index contributed by atoms with van der Waals surface area (Å²) >= 11 is 6.12. The molecule has 2 aliphatic heterocycles. The summed E-state index contributed by atoms with van der Waals surface area (Å²) in [6.07, 6.45) is 2.43. The lowest BCUT2D eigenvalue weighted by Gasteiger charge is -2.49. The minimum atomic E-state index is -1.30. The number of oxazole rings is 1. The Morgan fingerprint density at radius 3 is 2.26 bits per heavy atom. The van der Waals surface area contributed by atoms with Gasteiger partial charge in [-0.15, -0.1) is 0 Å². The molecule has 266 valence electrons. The van der Waals surface area contributed by atoms with Gasteiger partial charge in [0.05, 0.1) is 39.6 Å². The van der Waals surface area contributed by atoms with Crippen LogP contribution in [0.2, 0.25) is 5.02 Å². The van der Waals surface area contributed by atoms with Gasteiger partial charge in [0.25, 0.3) is 0 Å². The molecule has 1 aromatic heterocycles. The molecule has 3 heterocycles. The quantitative estimate of drug-likeness (QED) is 0.147. The molecule has 53 heavy (non-hydrogen) atoms. The first-order chi connectivity index (χ1) is 25.4. The summed E-state index contributed by atoms with van der Waals surface area (Å²) in [5.41, 5.74) is 4.10. The third kappa shape index (κ3) is 4.70. The number of nitrogens with zero attached hydrogens (tertiary/aromatic N) is 3. The molecule has 2 saturated heterocycles. The lowest BCUT2D eigenvalue weighted by molar-refractivity contribution is -0.131. The smallest absolute Gasteiger partial charge is 0.241 e. The van der Waals surface area contributed by atoms with Gasteiger partial charge < -0.3 is 9.52 Å². The van der Waals surface area contributed by atoms with Gasteiger partial charge in [0.2, 0.25) is 29.5 Å². The zero-order valence-electron chi connectivity index (χ0n) is 29.0. The second-order valence-electron chi connectivity index (χ2n) is 14.8. The van der Waals surface area contributed by atoms with Crippen molar-refractivity contribution in [3.8, 4) is 17.2 Å². The van der Waals surface area contributed by atoms with E-state index in [1.165, 1.54) is 17.0 Å². The number of imide groups is 2. The Morgan fingerprint density at radius 2 is 1.57 bits per heavy atom. The van der Waals surface area contributed by atoms with Crippen molar-refractivity contribution in [1.82, 2.24) is 4.98 Å². The first-order valence-electron chi connectivity index (χ1n) is 17.6. The maximum absolute atomic E-state index is 14.7. The topological polar surface area (TPSA) is 121 Å². The Bertz CT molecular complexity index is 2420. The minimum Gasteiger partial charge on any atom is -0.507 e. The average molecular weight is 730 g/mol. The molecular formula is C42H33ClFN3O6. The first kappa shape index (κ1) is 33.2. The predicted octanol–water partition coefficient (Wildman–Crippen LogP) is 8.05. The van der Waals surface area contributed by atoms with Gasteiger partial charge in [0, 0.05) is 11.5 Å². The number of para-hydroxylation sites is 2. The molecule has 0 radical (unpaired) electrons. The predicted molar refractivity (Wildman–Crippen MR) is 196 cm³/mol. The Morgan fingerprint density at radius 1 is 0.868 bits per heavy atom. The number of anilines is 2. The van der Waals surface area contributed by atoms with Crippen molar-refractivity contribution in [2.24, 2.45) is 29.1 Å². The highest BCUT2D eigenvalue weighted by Crippen LogP contribution is 2.64. The fraction of sp³-hybridized carbons (Fsp3) is 0.262. The summed E-state index contributed by atoms with van der Waals surface area (Å²) in [4.78, 5) is 64.7. The SMILES string of the molecule is Cc1cc([C@H]2C3=CC[C@@H]4C(=O)N(c5ccc(-c6nc7ccccc7o6)cc5)C(=O)[C@@H]4[C@@H]3C[C@H]3C(=O)N(c4ccc(F)c(Cl)c4)C(=O)[C@@]23C)cc(C)c1O. The van der Waals surface area contributed by atoms with E-state index in [0.717, 1.165) is 27.6 Å². The van der Waals surface area contributed by atoms with E-state index in [0.29, 0.717) is 33.9 Å². The number of phenolic OH excluding ortho intramolecular Hbond substituents is 1. The Kier molecular flexibility index (Phi) is 7.34. The van der Waals surface area contributed by atoms with Gasteiger partial charge in [-0.1, -0.05) is 47.5 Å². The molecule has 0 spiro atoms. The summed E-state index contributed by atoms with van der Waals surface area (Å²) < 4.78 is 20.1. The van der Waals surface area contributed by atoms with Gasteiger partial charge in [-0.05, 0) is 111 Å². The number of hydrogen-bond acceptors (Lipinski definition) is 7. The second kappa shape index (κ2) is 11.7. The summed E-state index contributed by atoms with van der Waals surface area (Å²) in [5, 5.41) is 10.5. The average Bonchev–Trinajstić information content (AvgIpc) is 3.75. The summed E-state index contributed by atoms with van der Waals surface area (Å²) in [5.74, 6) is -5.20. The number of fused-ring (bicyclic) bond motifs is 5. The third-order valence-corrected chi connectivity index (χ3v) is 12.2. The Hall–Kier alpha value is -5.61. The van der Waals surface area contributed by atoms with E-state index in [4.69, 9.17) is 16.0 Å². The lowest BCUT2D eigenvalue weighted by Crippen LogP contribution is -2.49. The molecule has 9 nitrogen and oxygen atoms in total. The third-order valence-electron chi connectivity index (χ3n) is 11.9. The maximum atomic E-state index is 14.7. The van der Waals surface area contributed by atoms with Gasteiger partial charge in [0.1, 0.15) is 17.1 Å². The number of phenols is 1. The van der Waals surface area contributed by atoms with E-state index in [1.54, 1.807) is 45.0 Å². The maximum Gasteiger partial charge on any atom is 0.241 e. The first-order valence-corrected chi connectivity index (χ1v) is 17.9. The number of carbonyl (C=O) groups is 4. The highest BCUT2D eigenvalue weighted by Gasteiger charge is 2.67. The molecule has 0 unspecified atom stereocenters. The van der Waals surface area contributed by atoms with Gasteiger partial charge >= 0.3 is 0 Å². The van der Waals surface area contributed by atoms with Crippen molar-refractivity contribution in [2.75, 3.05) is 9.80 Å². The number of aromatic hydroxyl groups is 1. The van der Waals surface area contributed by atoms with Crippen LogP contribution >= 0.6 is 11.6 Å². The van der Waals surface area contributed by atoms with Gasteiger partial charge in [-0.25, -0.2) is 14.3 Å². The highest BCUT2D eigenvalue weighted by molar-refractivity contribution is 6.32. The van der Waals surface area contributed by atoms with E-state index in [2.05, 4.69) is 4.98 Å². The van der Waals surface area contributed by atoms with Gasteiger partial charge in [-0.2, -0.15) is 0 Å². The van der Waals surface area contributed by atoms with Crippen LogP contribution in [0.5, 0.6) is 5.75 Å². The summed E-state index contributed by atoms with van der Waals surface area (Å²) in [6, 6.07) is 21.8. The minimum absolute atomic E-state index is 0.131. The zero-order chi connectivity index (χ0) is 37.1. The van der Waals surface area contributed by atoms with Gasteiger partial charge in [-0.3, -0.25) is 24.1 Å². The second-order valence-corrected chi connectivity index (χ2v) is 15.2. The van der Waals surface area contributed by atoms with Crippen LogP contribution in [0.25, 0.3) is 22.6 Å². The van der Waals surface area contributed by atoms with E-state index in [9.17, 15) is 28.7 Å². The molecule has 5 aromatic rings. The summed E-state index contributed by atoms with van der Waals surface area (Å²) in [7, 11) is 0. The van der Waals surface area contributed by atoms with Crippen LogP contribution in [0.4, 0.5) is 15.8 Å². The zero-order valence-corrected chi connectivity index (χ0v) is 29.7. The molecule has 4 aliphatic rings. The monoisotopic (exact) mass is 729 g/mol. The number of benzene rings is 4. The van der Waals surface area contributed by atoms with Crippen LogP contribution in [0.3, 0.4) is 0 Å². The Balaban J connectivity index is 1.11. The van der Waals surface area contributed by atoms with Crippen LogP contribution in [0, 0.1) is 48.8 Å². The van der Waals surface area contributed by atoms with Crippen LogP contribution in [-0.4, -0.2) is 33.7 Å². The van der Waals surface area contributed by atoms with Crippen molar-refractivity contribution in [2.45, 2.75) is 39.5 Å². The molecular weight excluding hydrogens is 697 g/mol. The molecule has 1 saturated carbocycles. The molecule has 11 heteroatoms. The molecule has 6 atom stereocenters. The van der Waals surface area contributed by atoms with E-state index < -0.39 is 52.6 Å². The van der Waals surface area contributed by atoms with Crippen LogP contribution < -0.4 is 9.80 Å². The normalized spacial score (nSPS) is 26.6. The number of halogens is 2. The van der Waals surface area contributed by atoms with E-state index in [1.807, 2.05) is 42.5 Å². The number of rotatable bonds is 4. The molecule has 3 fully saturated rings. The van der Waals surface area contributed by atoms with Crippen LogP contribution in [-0.2, 0) is 19.2 Å². The van der Waals surface area contributed by atoms with Crippen molar-refractivity contribution in [1.29, 1.82) is 0 Å². The number of aromatic nitrogens is 1.